The Kier molecular flexibility index (Phi) is 3.27. The van der Waals surface area contributed by atoms with Gasteiger partial charge in [0.2, 0.25) is 0 Å². The van der Waals surface area contributed by atoms with E-state index in [4.69, 9.17) is 16.3 Å². The molecule has 0 bridgehead atoms. The van der Waals surface area contributed by atoms with Crippen LogP contribution in [0.3, 0.4) is 0 Å². The van der Waals surface area contributed by atoms with Gasteiger partial charge in [-0.25, -0.2) is 9.78 Å². The summed E-state index contributed by atoms with van der Waals surface area (Å²) < 4.78 is 6.07. The van der Waals surface area contributed by atoms with Gasteiger partial charge < -0.3 is 15.0 Å². The highest BCUT2D eigenvalue weighted by molar-refractivity contribution is 9.10. The summed E-state index contributed by atoms with van der Waals surface area (Å²) in [6.45, 7) is 0. The van der Waals surface area contributed by atoms with Crippen LogP contribution >= 0.6 is 27.5 Å². The summed E-state index contributed by atoms with van der Waals surface area (Å²) >= 11 is 9.48. The fraction of sp³-hybridized carbons (Fsp3) is 0.0769. The Morgan fingerprint density at radius 3 is 2.95 bits per heavy atom. The molecule has 3 rings (SSSR count). The number of ether oxygens (including phenoxy) is 1. The average Bonchev–Trinajstić information content (AvgIpc) is 2.77. The molecular weight excluding hydrogens is 346 g/mol. The number of aromatic nitrogens is 2. The maximum Gasteiger partial charge on any atom is 0.412 e. The van der Waals surface area contributed by atoms with Crippen LogP contribution in [0.15, 0.2) is 28.9 Å². The van der Waals surface area contributed by atoms with Crippen molar-refractivity contribution in [1.82, 2.24) is 15.3 Å². The van der Waals surface area contributed by atoms with Gasteiger partial charge in [0.15, 0.2) is 5.75 Å². The lowest BCUT2D eigenvalue weighted by atomic mass is 10.2. The van der Waals surface area contributed by atoms with Gasteiger partial charge in [-0.2, -0.15) is 0 Å². The smallest absolute Gasteiger partial charge is 0.408 e. The number of pyridine rings is 1. The number of fused-ring (bicyclic) bond motifs is 3. The van der Waals surface area contributed by atoms with E-state index in [0.717, 1.165) is 15.2 Å². The molecule has 0 aliphatic carbocycles. The largest absolute Gasteiger partial charge is 0.412 e. The normalized spacial score (nSPS) is 10.9. The van der Waals surface area contributed by atoms with E-state index < -0.39 is 6.09 Å². The van der Waals surface area contributed by atoms with Crippen LogP contribution < -0.4 is 10.1 Å². The molecule has 3 aromatic rings. The zero-order chi connectivity index (χ0) is 14.3. The second-order valence-corrected chi connectivity index (χ2v) is 5.49. The van der Waals surface area contributed by atoms with E-state index in [1.54, 1.807) is 18.3 Å². The van der Waals surface area contributed by atoms with E-state index in [9.17, 15) is 4.79 Å². The summed E-state index contributed by atoms with van der Waals surface area (Å²) in [6.07, 6.45) is 1.14. The Morgan fingerprint density at radius 2 is 2.20 bits per heavy atom. The van der Waals surface area contributed by atoms with Crippen LogP contribution in [0, 0.1) is 0 Å². The standard InChI is InChI=1S/C13H9BrClN3O2/c1-16-13(19)20-10-4-7(15)3-8-9-2-6(14)5-17-12(9)18-11(8)10/h2-5H,1H3,(H,16,19)(H,17,18). The number of H-pyrrole nitrogens is 1. The van der Waals surface area contributed by atoms with Gasteiger partial charge in [-0.1, -0.05) is 11.6 Å². The number of carbonyl (C=O) groups excluding carboxylic acids is 1. The molecule has 1 amide bonds. The van der Waals surface area contributed by atoms with Crippen LogP contribution in [-0.4, -0.2) is 23.1 Å². The van der Waals surface area contributed by atoms with Crippen molar-refractivity contribution in [2.24, 2.45) is 0 Å². The summed E-state index contributed by atoms with van der Waals surface area (Å²) in [5, 5.41) is 4.63. The third-order valence-electron chi connectivity index (χ3n) is 2.86. The monoisotopic (exact) mass is 353 g/mol. The molecular formula is C13H9BrClN3O2. The molecule has 2 heterocycles. The van der Waals surface area contributed by atoms with Crippen molar-refractivity contribution in [2.45, 2.75) is 0 Å². The van der Waals surface area contributed by atoms with Crippen molar-refractivity contribution in [2.75, 3.05) is 7.05 Å². The van der Waals surface area contributed by atoms with E-state index in [0.29, 0.717) is 21.9 Å². The second-order valence-electron chi connectivity index (χ2n) is 4.14. The predicted molar refractivity (Wildman–Crippen MR) is 81.4 cm³/mol. The minimum Gasteiger partial charge on any atom is -0.408 e. The van der Waals surface area contributed by atoms with E-state index >= 15 is 0 Å². The second kappa shape index (κ2) is 4.96. The van der Waals surface area contributed by atoms with Gasteiger partial charge in [0.25, 0.3) is 0 Å². The van der Waals surface area contributed by atoms with Crippen molar-refractivity contribution >= 4 is 55.6 Å². The molecule has 2 aromatic heterocycles. The maximum atomic E-state index is 11.4. The highest BCUT2D eigenvalue weighted by Gasteiger charge is 2.14. The lowest BCUT2D eigenvalue weighted by Crippen LogP contribution is -2.22. The number of hydrogen-bond donors (Lipinski definition) is 2. The molecule has 0 unspecified atom stereocenters. The highest BCUT2D eigenvalue weighted by Crippen LogP contribution is 2.35. The topological polar surface area (TPSA) is 67.0 Å². The first kappa shape index (κ1) is 13.2. The molecule has 2 N–H and O–H groups in total. The van der Waals surface area contributed by atoms with Gasteiger partial charge in [-0.15, -0.1) is 0 Å². The molecule has 0 fully saturated rings. The van der Waals surface area contributed by atoms with Crippen molar-refractivity contribution in [3.63, 3.8) is 0 Å². The molecule has 5 nitrogen and oxygen atoms in total. The molecule has 7 heteroatoms. The molecule has 102 valence electrons. The van der Waals surface area contributed by atoms with Gasteiger partial charge >= 0.3 is 6.09 Å². The number of hydrogen-bond acceptors (Lipinski definition) is 3. The summed E-state index contributed by atoms with van der Waals surface area (Å²) in [5.41, 5.74) is 1.38. The van der Waals surface area contributed by atoms with Gasteiger partial charge in [-0.05, 0) is 28.1 Å². The highest BCUT2D eigenvalue weighted by atomic mass is 79.9. The lowest BCUT2D eigenvalue weighted by Gasteiger charge is -2.05. The predicted octanol–water partition coefficient (Wildman–Crippen LogP) is 3.85. The maximum absolute atomic E-state index is 11.4. The number of aromatic amines is 1. The Hall–Kier alpha value is -1.79. The Labute approximate surface area is 127 Å². The first-order valence-electron chi connectivity index (χ1n) is 5.74. The summed E-state index contributed by atoms with van der Waals surface area (Å²) in [5.74, 6) is 0.362. The fourth-order valence-electron chi connectivity index (χ4n) is 2.02. The molecule has 20 heavy (non-hydrogen) atoms. The third kappa shape index (κ3) is 2.21. The Bertz CT molecular complexity index is 831. The summed E-state index contributed by atoms with van der Waals surface area (Å²) in [6, 6.07) is 5.32. The van der Waals surface area contributed by atoms with Crippen LogP contribution in [0.4, 0.5) is 4.79 Å². The van der Waals surface area contributed by atoms with Crippen LogP contribution in [0.25, 0.3) is 21.9 Å². The van der Waals surface area contributed by atoms with Crippen molar-refractivity contribution in [1.29, 1.82) is 0 Å². The quantitative estimate of drug-likeness (QED) is 0.697. The Balaban J connectivity index is 2.30. The molecule has 0 radical (unpaired) electrons. The Morgan fingerprint density at radius 1 is 1.40 bits per heavy atom. The molecule has 0 spiro atoms. The van der Waals surface area contributed by atoms with Crippen LogP contribution in [-0.2, 0) is 0 Å². The van der Waals surface area contributed by atoms with Crippen molar-refractivity contribution in [3.05, 3.63) is 33.9 Å². The van der Waals surface area contributed by atoms with E-state index in [1.165, 1.54) is 7.05 Å². The summed E-state index contributed by atoms with van der Waals surface area (Å²) in [4.78, 5) is 18.8. The number of nitrogens with one attached hydrogen (secondary N) is 2. The number of nitrogens with zero attached hydrogens (tertiary/aromatic N) is 1. The summed E-state index contributed by atoms with van der Waals surface area (Å²) in [7, 11) is 1.49. The van der Waals surface area contributed by atoms with Gasteiger partial charge in [0.05, 0.1) is 5.52 Å². The number of carbonyl (C=O) groups is 1. The lowest BCUT2D eigenvalue weighted by molar-refractivity contribution is 0.203. The minimum absolute atomic E-state index is 0.362. The molecule has 0 saturated heterocycles. The van der Waals surface area contributed by atoms with Gasteiger partial charge in [0, 0.05) is 39.6 Å². The third-order valence-corrected chi connectivity index (χ3v) is 3.51. The van der Waals surface area contributed by atoms with Crippen LogP contribution in [0.1, 0.15) is 0 Å². The van der Waals surface area contributed by atoms with E-state index in [-0.39, 0.29) is 0 Å². The van der Waals surface area contributed by atoms with Crippen LogP contribution in [0.5, 0.6) is 5.75 Å². The molecule has 0 saturated carbocycles. The first-order chi connectivity index (χ1) is 9.58. The SMILES string of the molecule is CNC(=O)Oc1cc(Cl)cc2c1[nH]c1ncc(Br)cc12. The zero-order valence-corrected chi connectivity index (χ0v) is 12.7. The first-order valence-corrected chi connectivity index (χ1v) is 6.91. The van der Waals surface area contributed by atoms with Gasteiger partial charge in [0.1, 0.15) is 5.65 Å². The van der Waals surface area contributed by atoms with Crippen LogP contribution in [0.2, 0.25) is 5.02 Å². The number of halogens is 2. The molecule has 1 aromatic carbocycles. The van der Waals surface area contributed by atoms with E-state index in [2.05, 4.69) is 31.2 Å². The van der Waals surface area contributed by atoms with Gasteiger partial charge in [-0.3, -0.25) is 0 Å². The van der Waals surface area contributed by atoms with Crippen molar-refractivity contribution < 1.29 is 9.53 Å². The number of amides is 1. The number of benzene rings is 1. The molecule has 0 atom stereocenters. The molecule has 0 aliphatic rings. The molecule has 0 aliphatic heterocycles. The average molecular weight is 355 g/mol. The minimum atomic E-state index is -0.554. The zero-order valence-electron chi connectivity index (χ0n) is 10.3. The van der Waals surface area contributed by atoms with E-state index in [1.807, 2.05) is 6.07 Å². The van der Waals surface area contributed by atoms with Crippen molar-refractivity contribution in [3.8, 4) is 5.75 Å². The number of rotatable bonds is 1. The fourth-order valence-corrected chi connectivity index (χ4v) is 2.56.